The lowest BCUT2D eigenvalue weighted by atomic mass is 10.2. The number of halogens is 1. The standard InChI is InChI=1S/C16H13FN6/c1-22(11-5-3-2-4-6-11)14-12-8-7-10(18)9-13(12)23-15(17)20-21-16(23)19-14/h2-9H,18H2,1H3. The van der Waals surface area contributed by atoms with Crippen molar-refractivity contribution in [2.24, 2.45) is 0 Å². The number of para-hydroxylation sites is 1. The van der Waals surface area contributed by atoms with E-state index in [0.717, 1.165) is 11.1 Å². The zero-order chi connectivity index (χ0) is 16.0. The summed E-state index contributed by atoms with van der Waals surface area (Å²) < 4.78 is 15.2. The van der Waals surface area contributed by atoms with E-state index in [1.165, 1.54) is 4.40 Å². The second-order valence-electron chi connectivity index (χ2n) is 5.21. The second-order valence-corrected chi connectivity index (χ2v) is 5.21. The van der Waals surface area contributed by atoms with E-state index in [-0.39, 0.29) is 5.78 Å². The van der Waals surface area contributed by atoms with E-state index in [9.17, 15) is 4.39 Å². The fourth-order valence-electron chi connectivity index (χ4n) is 2.64. The van der Waals surface area contributed by atoms with Gasteiger partial charge in [-0.25, -0.2) is 4.40 Å². The molecule has 0 saturated carbocycles. The van der Waals surface area contributed by atoms with Crippen LogP contribution in [0.3, 0.4) is 0 Å². The van der Waals surface area contributed by atoms with Crippen molar-refractivity contribution in [3.8, 4) is 0 Å². The van der Waals surface area contributed by atoms with Crippen LogP contribution in [-0.2, 0) is 0 Å². The molecule has 7 heteroatoms. The minimum atomic E-state index is -0.711. The Bertz CT molecular complexity index is 1010. The van der Waals surface area contributed by atoms with Crippen LogP contribution in [0, 0.1) is 6.08 Å². The predicted molar refractivity (Wildman–Crippen MR) is 87.2 cm³/mol. The summed E-state index contributed by atoms with van der Waals surface area (Å²) in [5.74, 6) is 0.851. The highest BCUT2D eigenvalue weighted by atomic mass is 19.1. The van der Waals surface area contributed by atoms with Gasteiger partial charge in [-0.1, -0.05) is 23.3 Å². The van der Waals surface area contributed by atoms with Gasteiger partial charge >= 0.3 is 6.08 Å². The van der Waals surface area contributed by atoms with Gasteiger partial charge in [-0.15, -0.1) is 5.10 Å². The summed E-state index contributed by atoms with van der Waals surface area (Å²) in [6.07, 6.45) is -0.711. The third-order valence-corrected chi connectivity index (χ3v) is 3.78. The summed E-state index contributed by atoms with van der Waals surface area (Å²) >= 11 is 0. The molecule has 0 spiro atoms. The summed E-state index contributed by atoms with van der Waals surface area (Å²) in [6.45, 7) is 0. The minimum absolute atomic E-state index is 0.193. The van der Waals surface area contributed by atoms with Gasteiger partial charge < -0.3 is 10.6 Å². The highest BCUT2D eigenvalue weighted by molar-refractivity contribution is 5.94. The van der Waals surface area contributed by atoms with Gasteiger partial charge in [0.1, 0.15) is 5.82 Å². The lowest BCUT2D eigenvalue weighted by Gasteiger charge is -2.20. The van der Waals surface area contributed by atoms with Crippen LogP contribution in [-0.4, -0.2) is 26.6 Å². The molecule has 23 heavy (non-hydrogen) atoms. The third-order valence-electron chi connectivity index (χ3n) is 3.78. The molecule has 2 heterocycles. The Labute approximate surface area is 131 Å². The molecule has 114 valence electrons. The number of rotatable bonds is 2. The molecule has 0 unspecified atom stereocenters. The second kappa shape index (κ2) is 4.91. The predicted octanol–water partition coefficient (Wildman–Crippen LogP) is 2.77. The maximum Gasteiger partial charge on any atom is 0.315 e. The Morgan fingerprint density at radius 1 is 1.09 bits per heavy atom. The first-order valence-corrected chi connectivity index (χ1v) is 7.04. The smallest absolute Gasteiger partial charge is 0.315 e. The van der Waals surface area contributed by atoms with Crippen molar-refractivity contribution in [1.29, 1.82) is 0 Å². The zero-order valence-corrected chi connectivity index (χ0v) is 12.3. The number of anilines is 3. The highest BCUT2D eigenvalue weighted by Gasteiger charge is 2.17. The molecule has 2 aromatic carbocycles. The van der Waals surface area contributed by atoms with E-state index in [1.807, 2.05) is 48.3 Å². The number of benzene rings is 2. The number of aromatic nitrogens is 4. The minimum Gasteiger partial charge on any atom is -0.399 e. The van der Waals surface area contributed by atoms with Crippen molar-refractivity contribution in [2.75, 3.05) is 17.7 Å². The average Bonchev–Trinajstić information content (AvgIpc) is 2.95. The van der Waals surface area contributed by atoms with Gasteiger partial charge in [0.25, 0.3) is 5.78 Å². The van der Waals surface area contributed by atoms with E-state index < -0.39 is 6.08 Å². The van der Waals surface area contributed by atoms with Crippen molar-refractivity contribution >= 4 is 33.9 Å². The lowest BCUT2D eigenvalue weighted by molar-refractivity contribution is 0.532. The largest absolute Gasteiger partial charge is 0.399 e. The Hall–Kier alpha value is -3.22. The third kappa shape index (κ3) is 2.05. The Balaban J connectivity index is 2.06. The highest BCUT2D eigenvalue weighted by Crippen LogP contribution is 2.31. The first-order chi connectivity index (χ1) is 11.1. The summed E-state index contributed by atoms with van der Waals surface area (Å²) in [7, 11) is 1.90. The first-order valence-electron chi connectivity index (χ1n) is 7.04. The van der Waals surface area contributed by atoms with Crippen LogP contribution in [0.25, 0.3) is 16.7 Å². The van der Waals surface area contributed by atoms with E-state index in [1.54, 1.807) is 12.1 Å². The van der Waals surface area contributed by atoms with Crippen LogP contribution in [0.2, 0.25) is 0 Å². The van der Waals surface area contributed by atoms with Crippen LogP contribution < -0.4 is 10.6 Å². The Morgan fingerprint density at radius 3 is 2.65 bits per heavy atom. The number of nitrogen functional groups attached to an aromatic ring is 1. The molecule has 0 saturated heterocycles. The molecule has 0 atom stereocenters. The molecular weight excluding hydrogens is 295 g/mol. The summed E-state index contributed by atoms with van der Waals surface area (Å²) in [5.41, 5.74) is 7.93. The van der Waals surface area contributed by atoms with Gasteiger partial charge in [-0.05, 0) is 30.3 Å². The fraction of sp³-hybridized carbons (Fsp3) is 0.0625. The molecule has 0 fully saturated rings. The van der Waals surface area contributed by atoms with E-state index in [4.69, 9.17) is 5.73 Å². The van der Waals surface area contributed by atoms with Crippen LogP contribution in [0.5, 0.6) is 0 Å². The molecule has 4 aromatic rings. The summed E-state index contributed by atoms with van der Waals surface area (Å²) in [5, 5.41) is 8.03. The molecule has 0 aliphatic carbocycles. The van der Waals surface area contributed by atoms with Gasteiger partial charge in [0.05, 0.1) is 5.52 Å². The number of fused-ring (bicyclic) bond motifs is 3. The lowest BCUT2D eigenvalue weighted by Crippen LogP contribution is -2.13. The normalized spacial score (nSPS) is 11.2. The molecular formula is C16H13FN6. The van der Waals surface area contributed by atoms with Gasteiger partial charge in [-0.2, -0.15) is 9.37 Å². The molecule has 0 aliphatic heterocycles. The number of nitrogens with two attached hydrogens (primary N) is 1. The van der Waals surface area contributed by atoms with E-state index >= 15 is 0 Å². The van der Waals surface area contributed by atoms with Crippen LogP contribution >= 0.6 is 0 Å². The monoisotopic (exact) mass is 308 g/mol. The SMILES string of the molecule is CN(c1ccccc1)c1nc2nnc(F)n2c2cc(N)ccc12. The van der Waals surface area contributed by atoms with E-state index in [2.05, 4.69) is 15.2 Å². The van der Waals surface area contributed by atoms with E-state index in [0.29, 0.717) is 17.0 Å². The van der Waals surface area contributed by atoms with Gasteiger partial charge in [0.15, 0.2) is 0 Å². The molecule has 2 N–H and O–H groups in total. The molecule has 0 radical (unpaired) electrons. The van der Waals surface area contributed by atoms with Gasteiger partial charge in [-0.3, -0.25) is 0 Å². The molecule has 0 bridgehead atoms. The zero-order valence-electron chi connectivity index (χ0n) is 12.3. The van der Waals surface area contributed by atoms with Crippen molar-refractivity contribution in [1.82, 2.24) is 19.6 Å². The number of hydrogen-bond donors (Lipinski definition) is 1. The van der Waals surface area contributed by atoms with Gasteiger partial charge in [0.2, 0.25) is 0 Å². The molecule has 2 aromatic heterocycles. The van der Waals surface area contributed by atoms with Crippen molar-refractivity contribution in [2.45, 2.75) is 0 Å². The summed E-state index contributed by atoms with van der Waals surface area (Å²) in [6, 6.07) is 15.1. The quantitative estimate of drug-likeness (QED) is 0.576. The maximum absolute atomic E-state index is 14.0. The fourth-order valence-corrected chi connectivity index (χ4v) is 2.64. The first kappa shape index (κ1) is 13.4. The van der Waals surface area contributed by atoms with Crippen molar-refractivity contribution in [3.63, 3.8) is 0 Å². The topological polar surface area (TPSA) is 72.3 Å². The number of hydrogen-bond acceptors (Lipinski definition) is 5. The Kier molecular flexibility index (Phi) is 2.87. The maximum atomic E-state index is 14.0. The molecule has 0 aliphatic rings. The Morgan fingerprint density at radius 2 is 1.87 bits per heavy atom. The molecule has 0 amide bonds. The van der Waals surface area contributed by atoms with Crippen LogP contribution in [0.4, 0.5) is 21.6 Å². The molecule has 6 nitrogen and oxygen atoms in total. The average molecular weight is 308 g/mol. The van der Waals surface area contributed by atoms with Gasteiger partial charge in [0, 0.05) is 23.8 Å². The van der Waals surface area contributed by atoms with Crippen molar-refractivity contribution < 1.29 is 4.39 Å². The van der Waals surface area contributed by atoms with Crippen LogP contribution in [0.15, 0.2) is 48.5 Å². The number of nitrogens with zero attached hydrogens (tertiary/aromatic N) is 5. The summed E-state index contributed by atoms with van der Waals surface area (Å²) in [4.78, 5) is 6.39. The van der Waals surface area contributed by atoms with Crippen LogP contribution in [0.1, 0.15) is 0 Å². The van der Waals surface area contributed by atoms with Crippen molar-refractivity contribution in [3.05, 3.63) is 54.6 Å². The molecule has 4 rings (SSSR count).